The summed E-state index contributed by atoms with van der Waals surface area (Å²) in [5, 5.41) is 8.64. The van der Waals surface area contributed by atoms with Gasteiger partial charge in [-0.1, -0.05) is 5.16 Å². The second kappa shape index (κ2) is 4.96. The van der Waals surface area contributed by atoms with Gasteiger partial charge in [-0.25, -0.2) is 4.98 Å². The van der Waals surface area contributed by atoms with Gasteiger partial charge in [0.25, 0.3) is 5.91 Å². The van der Waals surface area contributed by atoms with E-state index < -0.39 is 0 Å². The average Bonchev–Trinajstić information content (AvgIpc) is 2.98. The zero-order valence-corrected chi connectivity index (χ0v) is 10.9. The SMILES string of the molecule is Nc1nc(C(=O)NCCc2noc(C3CC3)n2)cs1. The van der Waals surface area contributed by atoms with Crippen molar-refractivity contribution >= 4 is 22.4 Å². The molecule has 1 amide bonds. The van der Waals surface area contributed by atoms with Crippen molar-refractivity contribution in [1.29, 1.82) is 0 Å². The first-order chi connectivity index (χ1) is 9.22. The van der Waals surface area contributed by atoms with Crippen LogP contribution < -0.4 is 11.1 Å². The second-order valence-corrected chi connectivity index (χ2v) is 5.29. The van der Waals surface area contributed by atoms with E-state index in [4.69, 9.17) is 10.3 Å². The van der Waals surface area contributed by atoms with Gasteiger partial charge in [0.15, 0.2) is 11.0 Å². The number of hydrogen-bond acceptors (Lipinski definition) is 7. The van der Waals surface area contributed by atoms with Crippen LogP contribution in [-0.4, -0.2) is 27.6 Å². The van der Waals surface area contributed by atoms with E-state index in [1.165, 1.54) is 11.3 Å². The molecule has 0 bridgehead atoms. The molecular formula is C11H13N5O2S. The van der Waals surface area contributed by atoms with E-state index in [2.05, 4.69) is 20.4 Å². The first kappa shape index (κ1) is 12.1. The molecule has 7 nitrogen and oxygen atoms in total. The lowest BCUT2D eigenvalue weighted by molar-refractivity contribution is 0.0949. The van der Waals surface area contributed by atoms with E-state index in [0.717, 1.165) is 12.8 Å². The lowest BCUT2D eigenvalue weighted by Gasteiger charge is -1.99. The Balaban J connectivity index is 1.48. The monoisotopic (exact) mass is 279 g/mol. The summed E-state index contributed by atoms with van der Waals surface area (Å²) < 4.78 is 5.13. The number of rotatable bonds is 5. The molecule has 1 aliphatic rings. The molecule has 1 fully saturated rings. The molecule has 0 aliphatic heterocycles. The smallest absolute Gasteiger partial charge is 0.270 e. The van der Waals surface area contributed by atoms with Crippen molar-refractivity contribution in [2.24, 2.45) is 0 Å². The Labute approximate surface area is 113 Å². The Morgan fingerprint density at radius 3 is 3.05 bits per heavy atom. The van der Waals surface area contributed by atoms with Crippen LogP contribution in [0.2, 0.25) is 0 Å². The van der Waals surface area contributed by atoms with Gasteiger partial charge in [-0.05, 0) is 12.8 Å². The highest BCUT2D eigenvalue weighted by Crippen LogP contribution is 2.38. The molecule has 3 N–H and O–H groups in total. The maximum Gasteiger partial charge on any atom is 0.270 e. The van der Waals surface area contributed by atoms with Crippen LogP contribution in [0.3, 0.4) is 0 Å². The van der Waals surface area contributed by atoms with Crippen molar-refractivity contribution in [3.05, 3.63) is 22.8 Å². The lowest BCUT2D eigenvalue weighted by Crippen LogP contribution is -2.26. The number of anilines is 1. The van der Waals surface area contributed by atoms with Gasteiger partial charge < -0.3 is 15.6 Å². The minimum Gasteiger partial charge on any atom is -0.375 e. The molecule has 0 spiro atoms. The molecule has 0 radical (unpaired) electrons. The molecule has 0 unspecified atom stereocenters. The Bertz CT molecular complexity index is 589. The third-order valence-electron chi connectivity index (χ3n) is 2.80. The van der Waals surface area contributed by atoms with E-state index in [-0.39, 0.29) is 5.91 Å². The highest BCUT2D eigenvalue weighted by Gasteiger charge is 2.29. The number of amides is 1. The molecule has 1 saturated carbocycles. The number of nitrogens with one attached hydrogen (secondary N) is 1. The molecule has 2 aromatic rings. The van der Waals surface area contributed by atoms with Crippen LogP contribution in [0.1, 0.15) is 41.0 Å². The molecule has 19 heavy (non-hydrogen) atoms. The van der Waals surface area contributed by atoms with E-state index in [0.29, 0.717) is 41.4 Å². The van der Waals surface area contributed by atoms with Crippen LogP contribution in [0.5, 0.6) is 0 Å². The summed E-state index contributed by atoms with van der Waals surface area (Å²) in [7, 11) is 0. The highest BCUT2D eigenvalue weighted by molar-refractivity contribution is 7.13. The number of carbonyl (C=O) groups is 1. The van der Waals surface area contributed by atoms with Gasteiger partial charge in [0.2, 0.25) is 5.89 Å². The fourth-order valence-electron chi connectivity index (χ4n) is 1.64. The Hall–Kier alpha value is -1.96. The van der Waals surface area contributed by atoms with E-state index in [9.17, 15) is 4.79 Å². The lowest BCUT2D eigenvalue weighted by atomic mass is 10.3. The number of nitrogens with two attached hydrogens (primary N) is 1. The van der Waals surface area contributed by atoms with Gasteiger partial charge >= 0.3 is 0 Å². The molecule has 0 saturated heterocycles. The quantitative estimate of drug-likeness (QED) is 0.844. The molecule has 2 heterocycles. The first-order valence-electron chi connectivity index (χ1n) is 6.04. The summed E-state index contributed by atoms with van der Waals surface area (Å²) in [4.78, 5) is 19.9. The van der Waals surface area contributed by atoms with E-state index >= 15 is 0 Å². The minimum absolute atomic E-state index is 0.237. The summed E-state index contributed by atoms with van der Waals surface area (Å²) in [6, 6.07) is 0. The van der Waals surface area contributed by atoms with Crippen LogP contribution in [0.15, 0.2) is 9.90 Å². The van der Waals surface area contributed by atoms with E-state index in [1.54, 1.807) is 5.38 Å². The van der Waals surface area contributed by atoms with Crippen molar-refractivity contribution in [1.82, 2.24) is 20.4 Å². The number of carbonyl (C=O) groups excluding carboxylic acids is 1. The molecule has 1 aliphatic carbocycles. The standard InChI is InChI=1S/C11H13N5O2S/c12-11-14-7(5-19-11)9(17)13-4-3-8-15-10(18-16-8)6-1-2-6/h5-6H,1-4H2,(H2,12,14)(H,13,17). The van der Waals surface area contributed by atoms with Crippen LogP contribution in [0, 0.1) is 0 Å². The third kappa shape index (κ3) is 2.90. The summed E-state index contributed by atoms with van der Waals surface area (Å²) in [6.45, 7) is 0.444. The number of thiazole rings is 1. The molecule has 3 rings (SSSR count). The summed E-state index contributed by atoms with van der Waals surface area (Å²) in [5.41, 5.74) is 5.81. The van der Waals surface area contributed by atoms with Gasteiger partial charge in [-0.3, -0.25) is 4.79 Å². The van der Waals surface area contributed by atoms with Crippen LogP contribution in [0.25, 0.3) is 0 Å². The van der Waals surface area contributed by atoms with Crippen molar-refractivity contribution in [2.75, 3.05) is 12.3 Å². The molecule has 0 aromatic carbocycles. The summed E-state index contributed by atoms with van der Waals surface area (Å²) >= 11 is 1.24. The zero-order chi connectivity index (χ0) is 13.2. The maximum absolute atomic E-state index is 11.7. The Morgan fingerprint density at radius 1 is 1.53 bits per heavy atom. The fraction of sp³-hybridized carbons (Fsp3) is 0.455. The molecule has 100 valence electrons. The second-order valence-electron chi connectivity index (χ2n) is 4.40. The summed E-state index contributed by atoms with van der Waals surface area (Å²) in [5.74, 6) is 1.56. The number of nitrogen functional groups attached to an aromatic ring is 1. The predicted octanol–water partition coefficient (Wildman–Crippen LogP) is 0.958. The average molecular weight is 279 g/mol. The van der Waals surface area contributed by atoms with Crippen molar-refractivity contribution in [2.45, 2.75) is 25.2 Å². The van der Waals surface area contributed by atoms with Crippen LogP contribution in [-0.2, 0) is 6.42 Å². The third-order valence-corrected chi connectivity index (χ3v) is 3.47. The molecular weight excluding hydrogens is 266 g/mol. The first-order valence-corrected chi connectivity index (χ1v) is 6.92. The number of nitrogens with zero attached hydrogens (tertiary/aromatic N) is 3. The Kier molecular flexibility index (Phi) is 3.16. The topological polar surface area (TPSA) is 107 Å². The van der Waals surface area contributed by atoms with Crippen LogP contribution in [0.4, 0.5) is 5.13 Å². The van der Waals surface area contributed by atoms with Gasteiger partial charge in [0.05, 0.1) is 0 Å². The molecule has 0 atom stereocenters. The Morgan fingerprint density at radius 2 is 2.37 bits per heavy atom. The normalized spacial score (nSPS) is 14.5. The van der Waals surface area contributed by atoms with Crippen molar-refractivity contribution in [3.8, 4) is 0 Å². The largest absolute Gasteiger partial charge is 0.375 e. The van der Waals surface area contributed by atoms with E-state index in [1.807, 2.05) is 0 Å². The highest BCUT2D eigenvalue weighted by atomic mass is 32.1. The van der Waals surface area contributed by atoms with Gasteiger partial charge in [0.1, 0.15) is 5.69 Å². The minimum atomic E-state index is -0.237. The van der Waals surface area contributed by atoms with Gasteiger partial charge in [-0.15, -0.1) is 11.3 Å². The summed E-state index contributed by atoms with van der Waals surface area (Å²) in [6.07, 6.45) is 2.80. The zero-order valence-electron chi connectivity index (χ0n) is 10.1. The maximum atomic E-state index is 11.7. The predicted molar refractivity (Wildman–Crippen MR) is 68.8 cm³/mol. The molecule has 2 aromatic heterocycles. The molecule has 8 heteroatoms. The van der Waals surface area contributed by atoms with Crippen molar-refractivity contribution < 1.29 is 9.32 Å². The number of aromatic nitrogens is 3. The number of hydrogen-bond donors (Lipinski definition) is 2. The van der Waals surface area contributed by atoms with Gasteiger partial charge in [0, 0.05) is 24.3 Å². The van der Waals surface area contributed by atoms with Crippen LogP contribution >= 0.6 is 11.3 Å². The fourth-order valence-corrected chi connectivity index (χ4v) is 2.18. The van der Waals surface area contributed by atoms with Crippen molar-refractivity contribution in [3.63, 3.8) is 0 Å². The van der Waals surface area contributed by atoms with Gasteiger partial charge in [-0.2, -0.15) is 4.98 Å².